The van der Waals surface area contributed by atoms with Gasteiger partial charge in [-0.15, -0.1) is 0 Å². The zero-order valence-corrected chi connectivity index (χ0v) is 10.4. The average Bonchev–Trinajstić information content (AvgIpc) is 2.21. The van der Waals surface area contributed by atoms with E-state index in [0.29, 0.717) is 5.92 Å². The van der Waals surface area contributed by atoms with Crippen LogP contribution in [0.1, 0.15) is 43.7 Å². The van der Waals surface area contributed by atoms with E-state index in [9.17, 15) is 5.11 Å². The topological polar surface area (TPSA) is 20.2 Å². The third kappa shape index (κ3) is 2.65. The molecule has 1 aromatic carbocycles. The van der Waals surface area contributed by atoms with E-state index in [1.54, 1.807) is 0 Å². The molecule has 0 aromatic heterocycles. The highest BCUT2D eigenvalue weighted by Gasteiger charge is 2.32. The Morgan fingerprint density at radius 3 is 2.81 bits per heavy atom. The predicted octanol–water partition coefficient (Wildman–Crippen LogP) is 3.48. The van der Waals surface area contributed by atoms with Gasteiger partial charge in [-0.05, 0) is 36.8 Å². The van der Waals surface area contributed by atoms with Crippen LogP contribution in [0.25, 0.3) is 0 Å². The molecule has 1 aromatic rings. The van der Waals surface area contributed by atoms with Gasteiger partial charge in [0.25, 0.3) is 0 Å². The van der Waals surface area contributed by atoms with Crippen molar-refractivity contribution < 1.29 is 5.11 Å². The minimum absolute atomic E-state index is 0.455. The lowest BCUT2D eigenvalue weighted by molar-refractivity contribution is -0.0125. The number of hydrogen-bond acceptors (Lipinski definition) is 1. The number of aliphatic hydroxyl groups is 1. The first-order chi connectivity index (χ1) is 7.59. The number of benzene rings is 1. The normalized spacial score (nSPS) is 30.3. The lowest BCUT2D eigenvalue weighted by atomic mass is 9.75. The maximum atomic E-state index is 10.6. The average molecular weight is 218 g/mol. The fourth-order valence-electron chi connectivity index (χ4n) is 2.96. The lowest BCUT2D eigenvalue weighted by Gasteiger charge is -2.36. The Morgan fingerprint density at radius 1 is 1.38 bits per heavy atom. The number of aryl methyl sites for hydroxylation is 1. The Labute approximate surface area is 98.5 Å². The second-order valence-electron chi connectivity index (χ2n) is 5.53. The Morgan fingerprint density at radius 2 is 2.12 bits per heavy atom. The molecule has 2 rings (SSSR count). The van der Waals surface area contributed by atoms with E-state index in [2.05, 4.69) is 38.1 Å². The molecule has 1 heteroatoms. The molecule has 0 amide bonds. The largest absolute Gasteiger partial charge is 0.390 e. The summed E-state index contributed by atoms with van der Waals surface area (Å²) >= 11 is 0. The van der Waals surface area contributed by atoms with Gasteiger partial charge < -0.3 is 5.11 Å². The maximum absolute atomic E-state index is 10.6. The molecule has 1 N–H and O–H groups in total. The lowest BCUT2D eigenvalue weighted by Crippen LogP contribution is -2.36. The van der Waals surface area contributed by atoms with E-state index in [0.717, 1.165) is 19.3 Å². The van der Waals surface area contributed by atoms with Crippen molar-refractivity contribution in [2.24, 2.45) is 5.92 Å². The molecule has 1 aliphatic rings. The van der Waals surface area contributed by atoms with Crippen molar-refractivity contribution in [3.63, 3.8) is 0 Å². The highest BCUT2D eigenvalue weighted by Crippen LogP contribution is 2.35. The van der Waals surface area contributed by atoms with Gasteiger partial charge in [-0.1, -0.05) is 44.0 Å². The highest BCUT2D eigenvalue weighted by molar-refractivity contribution is 5.27. The van der Waals surface area contributed by atoms with Crippen LogP contribution in [0.2, 0.25) is 0 Å². The van der Waals surface area contributed by atoms with Crippen molar-refractivity contribution in [1.82, 2.24) is 0 Å². The maximum Gasteiger partial charge on any atom is 0.0690 e. The van der Waals surface area contributed by atoms with Crippen LogP contribution in [0.15, 0.2) is 24.3 Å². The molecule has 0 spiro atoms. The Kier molecular flexibility index (Phi) is 3.34. The standard InChI is InChI=1S/C15H22O/c1-12-6-5-9-15(16,10-12)11-14-8-4-3-7-13(14)2/h3-4,7-8,12,16H,5-6,9-11H2,1-2H3. The van der Waals surface area contributed by atoms with Crippen LogP contribution in [0.3, 0.4) is 0 Å². The molecule has 16 heavy (non-hydrogen) atoms. The Hall–Kier alpha value is -0.820. The van der Waals surface area contributed by atoms with E-state index in [-0.39, 0.29) is 0 Å². The van der Waals surface area contributed by atoms with Crippen LogP contribution in [0, 0.1) is 12.8 Å². The minimum atomic E-state index is -0.455. The first kappa shape index (κ1) is 11.7. The predicted molar refractivity (Wildman–Crippen MR) is 67.5 cm³/mol. The third-order valence-electron chi connectivity index (χ3n) is 3.85. The zero-order valence-electron chi connectivity index (χ0n) is 10.4. The van der Waals surface area contributed by atoms with E-state index >= 15 is 0 Å². The van der Waals surface area contributed by atoms with Crippen molar-refractivity contribution in [2.75, 3.05) is 0 Å². The summed E-state index contributed by atoms with van der Waals surface area (Å²) in [6, 6.07) is 8.40. The number of rotatable bonds is 2. The molecule has 1 saturated carbocycles. The van der Waals surface area contributed by atoms with E-state index < -0.39 is 5.60 Å². The highest BCUT2D eigenvalue weighted by atomic mass is 16.3. The van der Waals surface area contributed by atoms with E-state index in [4.69, 9.17) is 0 Å². The summed E-state index contributed by atoms with van der Waals surface area (Å²) < 4.78 is 0. The quantitative estimate of drug-likeness (QED) is 0.805. The fraction of sp³-hybridized carbons (Fsp3) is 0.600. The first-order valence-electron chi connectivity index (χ1n) is 6.36. The van der Waals surface area contributed by atoms with Gasteiger partial charge >= 0.3 is 0 Å². The molecule has 0 aliphatic heterocycles. The molecular formula is C15H22O. The second-order valence-corrected chi connectivity index (χ2v) is 5.53. The summed E-state index contributed by atoms with van der Waals surface area (Å²) in [7, 11) is 0. The van der Waals surface area contributed by atoms with Crippen LogP contribution in [-0.2, 0) is 6.42 Å². The molecule has 0 bridgehead atoms. The Bertz CT molecular complexity index is 358. The summed E-state index contributed by atoms with van der Waals surface area (Å²) in [5, 5.41) is 10.6. The summed E-state index contributed by atoms with van der Waals surface area (Å²) in [5.41, 5.74) is 2.15. The van der Waals surface area contributed by atoms with Gasteiger partial charge in [0.05, 0.1) is 5.60 Å². The van der Waals surface area contributed by atoms with Gasteiger partial charge in [-0.3, -0.25) is 0 Å². The van der Waals surface area contributed by atoms with E-state index in [1.807, 2.05) is 0 Å². The van der Waals surface area contributed by atoms with Gasteiger partial charge in [-0.2, -0.15) is 0 Å². The van der Waals surface area contributed by atoms with Gasteiger partial charge in [0.15, 0.2) is 0 Å². The van der Waals surface area contributed by atoms with Crippen molar-refractivity contribution in [3.8, 4) is 0 Å². The summed E-state index contributed by atoms with van der Waals surface area (Å²) in [6.07, 6.45) is 5.19. The fourth-order valence-corrected chi connectivity index (χ4v) is 2.96. The summed E-state index contributed by atoms with van der Waals surface area (Å²) in [5.74, 6) is 0.669. The van der Waals surface area contributed by atoms with Crippen LogP contribution in [-0.4, -0.2) is 10.7 Å². The molecule has 1 fully saturated rings. The van der Waals surface area contributed by atoms with Crippen LogP contribution >= 0.6 is 0 Å². The van der Waals surface area contributed by atoms with Gasteiger partial charge in [0.1, 0.15) is 0 Å². The smallest absolute Gasteiger partial charge is 0.0690 e. The monoisotopic (exact) mass is 218 g/mol. The molecule has 2 unspecified atom stereocenters. The molecule has 1 aliphatic carbocycles. The Balaban J connectivity index is 2.11. The van der Waals surface area contributed by atoms with Crippen LogP contribution in [0.5, 0.6) is 0 Å². The molecule has 2 atom stereocenters. The van der Waals surface area contributed by atoms with Crippen molar-refractivity contribution in [3.05, 3.63) is 35.4 Å². The first-order valence-corrected chi connectivity index (χ1v) is 6.36. The molecule has 0 heterocycles. The van der Waals surface area contributed by atoms with Gasteiger partial charge in [0.2, 0.25) is 0 Å². The summed E-state index contributed by atoms with van der Waals surface area (Å²) in [4.78, 5) is 0. The van der Waals surface area contributed by atoms with Crippen LogP contribution < -0.4 is 0 Å². The van der Waals surface area contributed by atoms with Crippen molar-refractivity contribution in [2.45, 2.75) is 51.6 Å². The van der Waals surface area contributed by atoms with Gasteiger partial charge in [-0.25, -0.2) is 0 Å². The summed E-state index contributed by atoms with van der Waals surface area (Å²) in [6.45, 7) is 4.38. The van der Waals surface area contributed by atoms with Crippen molar-refractivity contribution >= 4 is 0 Å². The SMILES string of the molecule is Cc1ccccc1CC1(O)CCCC(C)C1. The molecular weight excluding hydrogens is 196 g/mol. The third-order valence-corrected chi connectivity index (χ3v) is 3.85. The number of hydrogen-bond donors (Lipinski definition) is 1. The van der Waals surface area contributed by atoms with Crippen molar-refractivity contribution in [1.29, 1.82) is 0 Å². The minimum Gasteiger partial charge on any atom is -0.390 e. The molecule has 1 nitrogen and oxygen atoms in total. The molecule has 0 radical (unpaired) electrons. The van der Waals surface area contributed by atoms with E-state index in [1.165, 1.54) is 24.0 Å². The molecule has 88 valence electrons. The molecule has 0 saturated heterocycles. The zero-order chi connectivity index (χ0) is 11.6. The second kappa shape index (κ2) is 4.58. The van der Waals surface area contributed by atoms with Gasteiger partial charge in [0, 0.05) is 6.42 Å². The van der Waals surface area contributed by atoms with Crippen LogP contribution in [0.4, 0.5) is 0 Å².